The summed E-state index contributed by atoms with van der Waals surface area (Å²) in [7, 11) is 0. The molecule has 4 heteroatoms. The van der Waals surface area contributed by atoms with E-state index in [9.17, 15) is 4.79 Å². The van der Waals surface area contributed by atoms with Gasteiger partial charge in [-0.3, -0.25) is 4.79 Å². The second-order valence-electron chi connectivity index (χ2n) is 3.25. The Labute approximate surface area is 87.5 Å². The van der Waals surface area contributed by atoms with E-state index in [4.69, 9.17) is 18.0 Å². The van der Waals surface area contributed by atoms with E-state index in [0.717, 1.165) is 11.3 Å². The van der Waals surface area contributed by atoms with Gasteiger partial charge in [-0.15, -0.1) is 0 Å². The van der Waals surface area contributed by atoms with Crippen molar-refractivity contribution in [3.63, 3.8) is 0 Å². The zero-order chi connectivity index (χ0) is 10.1. The lowest BCUT2D eigenvalue weighted by atomic mass is 10.2. The number of benzene rings is 1. The number of amides is 1. The van der Waals surface area contributed by atoms with E-state index >= 15 is 0 Å². The van der Waals surface area contributed by atoms with Crippen LogP contribution in [0, 0.1) is 0 Å². The van der Waals surface area contributed by atoms with E-state index in [-0.39, 0.29) is 5.91 Å². The first-order valence-electron chi connectivity index (χ1n) is 4.35. The number of anilines is 1. The molecule has 1 aliphatic heterocycles. The Balaban J connectivity index is 2.34. The molecule has 1 heterocycles. The molecule has 1 aromatic rings. The van der Waals surface area contributed by atoms with Crippen molar-refractivity contribution >= 4 is 28.8 Å². The highest BCUT2D eigenvalue weighted by Crippen LogP contribution is 2.27. The molecule has 0 unspecified atom stereocenters. The van der Waals surface area contributed by atoms with E-state index in [2.05, 4.69) is 0 Å². The topological polar surface area (TPSA) is 46.3 Å². The van der Waals surface area contributed by atoms with E-state index < -0.39 is 0 Å². The maximum absolute atomic E-state index is 11.6. The summed E-state index contributed by atoms with van der Waals surface area (Å²) in [5.41, 5.74) is 7.41. The maximum Gasteiger partial charge on any atom is 0.231 e. The average Bonchev–Trinajstić information content (AvgIpc) is 2.43. The van der Waals surface area contributed by atoms with Gasteiger partial charge in [0, 0.05) is 5.69 Å². The number of hydrogen-bond donors (Lipinski definition) is 1. The monoisotopic (exact) mass is 206 g/mol. The van der Waals surface area contributed by atoms with Crippen LogP contribution in [0.2, 0.25) is 0 Å². The molecule has 2 rings (SSSR count). The standard InChI is InChI=1S/C10H10N2OS/c11-9(14)6-12-8-4-2-1-3-7(8)5-10(12)13/h1-4H,5-6H2,(H2,11,14). The first kappa shape index (κ1) is 9.15. The molecule has 0 atom stereocenters. The predicted octanol–water partition coefficient (Wildman–Crippen LogP) is 0.862. The summed E-state index contributed by atoms with van der Waals surface area (Å²) < 4.78 is 0. The van der Waals surface area contributed by atoms with E-state index in [1.807, 2.05) is 24.3 Å². The molecule has 0 saturated carbocycles. The zero-order valence-electron chi connectivity index (χ0n) is 7.56. The van der Waals surface area contributed by atoms with Crippen molar-refractivity contribution in [2.45, 2.75) is 6.42 Å². The van der Waals surface area contributed by atoms with Crippen molar-refractivity contribution in [1.29, 1.82) is 0 Å². The Morgan fingerprint density at radius 3 is 2.93 bits per heavy atom. The lowest BCUT2D eigenvalue weighted by Gasteiger charge is -2.15. The van der Waals surface area contributed by atoms with Crippen LogP contribution >= 0.6 is 12.2 Å². The summed E-state index contributed by atoms with van der Waals surface area (Å²) in [5.74, 6) is 0.0685. The third kappa shape index (κ3) is 1.48. The molecule has 0 saturated heterocycles. The Morgan fingerprint density at radius 2 is 2.21 bits per heavy atom. The summed E-state index contributed by atoms with van der Waals surface area (Å²) >= 11 is 4.80. The van der Waals surface area contributed by atoms with Crippen molar-refractivity contribution in [2.75, 3.05) is 11.4 Å². The molecule has 72 valence electrons. The number of carbonyl (C=O) groups excluding carboxylic acids is 1. The molecule has 1 amide bonds. The minimum absolute atomic E-state index is 0.0685. The molecular formula is C10H10N2OS. The molecule has 3 nitrogen and oxygen atoms in total. The van der Waals surface area contributed by atoms with E-state index in [0.29, 0.717) is 18.0 Å². The van der Waals surface area contributed by atoms with Crippen LogP contribution in [-0.4, -0.2) is 17.4 Å². The molecule has 2 N–H and O–H groups in total. The SMILES string of the molecule is NC(=S)CN1C(=O)Cc2ccccc21. The van der Waals surface area contributed by atoms with Gasteiger partial charge in [0.15, 0.2) is 0 Å². The van der Waals surface area contributed by atoms with Gasteiger partial charge in [0.25, 0.3) is 0 Å². The molecule has 0 spiro atoms. The van der Waals surface area contributed by atoms with Gasteiger partial charge in [0.2, 0.25) is 5.91 Å². The zero-order valence-corrected chi connectivity index (χ0v) is 8.38. The Kier molecular flexibility index (Phi) is 2.21. The number of nitrogens with zero attached hydrogens (tertiary/aromatic N) is 1. The molecular weight excluding hydrogens is 196 g/mol. The van der Waals surface area contributed by atoms with Crippen molar-refractivity contribution < 1.29 is 4.79 Å². The first-order valence-corrected chi connectivity index (χ1v) is 4.76. The number of fused-ring (bicyclic) bond motifs is 1. The van der Waals surface area contributed by atoms with E-state index in [1.165, 1.54) is 0 Å². The fraction of sp³-hybridized carbons (Fsp3) is 0.200. The van der Waals surface area contributed by atoms with Crippen molar-refractivity contribution in [3.05, 3.63) is 29.8 Å². The van der Waals surface area contributed by atoms with Gasteiger partial charge in [-0.05, 0) is 11.6 Å². The maximum atomic E-state index is 11.6. The largest absolute Gasteiger partial charge is 0.392 e. The van der Waals surface area contributed by atoms with Crippen LogP contribution < -0.4 is 10.6 Å². The van der Waals surface area contributed by atoms with Gasteiger partial charge in [0.05, 0.1) is 18.0 Å². The second kappa shape index (κ2) is 3.38. The highest BCUT2D eigenvalue weighted by atomic mass is 32.1. The Bertz CT molecular complexity index is 403. The third-order valence-corrected chi connectivity index (χ3v) is 2.37. The number of nitrogens with two attached hydrogens (primary N) is 1. The van der Waals surface area contributed by atoms with Gasteiger partial charge in [-0.2, -0.15) is 0 Å². The Morgan fingerprint density at radius 1 is 1.50 bits per heavy atom. The van der Waals surface area contributed by atoms with Crippen molar-refractivity contribution in [3.8, 4) is 0 Å². The van der Waals surface area contributed by atoms with Crippen LogP contribution in [0.1, 0.15) is 5.56 Å². The van der Waals surface area contributed by atoms with Crippen LogP contribution in [0.5, 0.6) is 0 Å². The molecule has 1 aliphatic rings. The fourth-order valence-electron chi connectivity index (χ4n) is 1.65. The smallest absolute Gasteiger partial charge is 0.231 e. The average molecular weight is 206 g/mol. The van der Waals surface area contributed by atoms with Gasteiger partial charge in [-0.1, -0.05) is 30.4 Å². The Hall–Kier alpha value is -1.42. The molecule has 0 radical (unpaired) electrons. The molecule has 1 aromatic carbocycles. The number of rotatable bonds is 2. The summed E-state index contributed by atoms with van der Waals surface area (Å²) in [4.78, 5) is 13.6. The van der Waals surface area contributed by atoms with E-state index in [1.54, 1.807) is 4.90 Å². The quantitative estimate of drug-likeness (QED) is 0.730. The second-order valence-corrected chi connectivity index (χ2v) is 3.78. The lowest BCUT2D eigenvalue weighted by molar-refractivity contribution is -0.117. The van der Waals surface area contributed by atoms with Crippen LogP contribution in [0.15, 0.2) is 24.3 Å². The van der Waals surface area contributed by atoms with Gasteiger partial charge >= 0.3 is 0 Å². The van der Waals surface area contributed by atoms with Crippen molar-refractivity contribution in [1.82, 2.24) is 0 Å². The minimum Gasteiger partial charge on any atom is -0.392 e. The molecule has 0 aromatic heterocycles. The van der Waals surface area contributed by atoms with Crippen LogP contribution in [0.25, 0.3) is 0 Å². The third-order valence-electron chi connectivity index (χ3n) is 2.24. The number of carbonyl (C=O) groups is 1. The summed E-state index contributed by atoms with van der Waals surface area (Å²) in [6, 6.07) is 7.70. The molecule has 0 bridgehead atoms. The minimum atomic E-state index is 0.0685. The first-order chi connectivity index (χ1) is 6.68. The molecule has 14 heavy (non-hydrogen) atoms. The highest BCUT2D eigenvalue weighted by molar-refractivity contribution is 7.80. The van der Waals surface area contributed by atoms with Gasteiger partial charge in [-0.25, -0.2) is 0 Å². The molecule has 0 fully saturated rings. The summed E-state index contributed by atoms with van der Waals surface area (Å²) in [6.45, 7) is 0.338. The van der Waals surface area contributed by atoms with Crippen LogP contribution in [-0.2, 0) is 11.2 Å². The van der Waals surface area contributed by atoms with Crippen molar-refractivity contribution in [2.24, 2.45) is 5.73 Å². The highest BCUT2D eigenvalue weighted by Gasteiger charge is 2.26. The number of hydrogen-bond acceptors (Lipinski definition) is 2. The predicted molar refractivity (Wildman–Crippen MR) is 59.3 cm³/mol. The summed E-state index contributed by atoms with van der Waals surface area (Å²) in [6.07, 6.45) is 0.457. The van der Waals surface area contributed by atoms with Gasteiger partial charge < -0.3 is 10.6 Å². The van der Waals surface area contributed by atoms with Crippen LogP contribution in [0.3, 0.4) is 0 Å². The lowest BCUT2D eigenvalue weighted by Crippen LogP contribution is -2.34. The van der Waals surface area contributed by atoms with Gasteiger partial charge in [0.1, 0.15) is 0 Å². The fourth-order valence-corrected chi connectivity index (χ4v) is 1.77. The number of thiocarbonyl (C=S) groups is 1. The molecule has 0 aliphatic carbocycles. The van der Waals surface area contributed by atoms with Crippen LogP contribution in [0.4, 0.5) is 5.69 Å². The normalized spacial score (nSPS) is 14.3. The summed E-state index contributed by atoms with van der Waals surface area (Å²) in [5, 5.41) is 0. The number of para-hydroxylation sites is 1.